The Kier molecular flexibility index (Phi) is 4.62. The van der Waals surface area contributed by atoms with Gasteiger partial charge in [0.25, 0.3) is 0 Å². The van der Waals surface area contributed by atoms with Crippen LogP contribution in [0.5, 0.6) is 0 Å². The Balaban J connectivity index is 1.94. The molecule has 2 rings (SSSR count). The molecule has 3 atom stereocenters. The topological polar surface area (TPSA) is 52.6 Å². The van der Waals surface area contributed by atoms with Crippen LogP contribution in [0.1, 0.15) is 39.5 Å². The molecular weight excluding hydrogens is 228 g/mol. The Morgan fingerprint density at radius 1 is 1.44 bits per heavy atom. The summed E-state index contributed by atoms with van der Waals surface area (Å²) in [5, 5.41) is 12.8. The number of likely N-dealkylation sites (tertiary alicyclic amines) is 1. The van der Waals surface area contributed by atoms with E-state index in [9.17, 15) is 9.90 Å². The maximum atomic E-state index is 11.3. The second-order valence-electron chi connectivity index (χ2n) is 5.95. The van der Waals surface area contributed by atoms with Crippen molar-refractivity contribution in [3.05, 3.63) is 0 Å². The fourth-order valence-electron chi connectivity index (χ4n) is 3.02. The van der Waals surface area contributed by atoms with Crippen LogP contribution in [0, 0.1) is 11.8 Å². The van der Waals surface area contributed by atoms with Crippen molar-refractivity contribution in [2.24, 2.45) is 11.8 Å². The summed E-state index contributed by atoms with van der Waals surface area (Å²) in [5.41, 5.74) is 0. The normalized spacial score (nSPS) is 31.2. The summed E-state index contributed by atoms with van der Waals surface area (Å²) < 4.78 is 0. The first-order chi connectivity index (χ1) is 8.61. The van der Waals surface area contributed by atoms with Gasteiger partial charge in [0.2, 0.25) is 0 Å². The van der Waals surface area contributed by atoms with Gasteiger partial charge in [-0.1, -0.05) is 6.92 Å². The molecule has 0 spiro atoms. The Morgan fingerprint density at radius 3 is 2.72 bits per heavy atom. The van der Waals surface area contributed by atoms with Gasteiger partial charge in [0, 0.05) is 25.2 Å². The summed E-state index contributed by atoms with van der Waals surface area (Å²) in [4.78, 5) is 13.7. The van der Waals surface area contributed by atoms with Crippen LogP contribution in [0.3, 0.4) is 0 Å². The van der Waals surface area contributed by atoms with Crippen LogP contribution >= 0.6 is 0 Å². The van der Waals surface area contributed by atoms with E-state index in [-0.39, 0.29) is 5.92 Å². The second-order valence-corrected chi connectivity index (χ2v) is 5.95. The molecule has 1 aliphatic carbocycles. The minimum absolute atomic E-state index is 0.200. The molecule has 2 N–H and O–H groups in total. The Bertz CT molecular complexity index is 292. The highest BCUT2D eigenvalue weighted by Crippen LogP contribution is 2.36. The first-order valence-electron chi connectivity index (χ1n) is 7.32. The Labute approximate surface area is 110 Å². The van der Waals surface area contributed by atoms with Gasteiger partial charge in [0.1, 0.15) is 0 Å². The quantitative estimate of drug-likeness (QED) is 0.755. The maximum Gasteiger partial charge on any atom is 0.307 e. The van der Waals surface area contributed by atoms with Crippen LogP contribution in [-0.4, -0.2) is 47.7 Å². The average molecular weight is 254 g/mol. The number of aliphatic carboxylic acids is 1. The average Bonchev–Trinajstić information content (AvgIpc) is 3.19. The van der Waals surface area contributed by atoms with Crippen LogP contribution in [0.4, 0.5) is 0 Å². The highest BCUT2D eigenvalue weighted by molar-refractivity contribution is 5.70. The molecule has 0 amide bonds. The van der Waals surface area contributed by atoms with Crippen molar-refractivity contribution in [3.63, 3.8) is 0 Å². The number of carboxylic acids is 1. The van der Waals surface area contributed by atoms with E-state index in [1.165, 1.54) is 12.8 Å². The van der Waals surface area contributed by atoms with Gasteiger partial charge in [-0.2, -0.15) is 0 Å². The van der Waals surface area contributed by atoms with Crippen molar-refractivity contribution in [2.75, 3.05) is 19.6 Å². The molecular formula is C14H26N2O2. The number of nitrogens with zero attached hydrogens (tertiary/aromatic N) is 1. The van der Waals surface area contributed by atoms with E-state index in [0.717, 1.165) is 38.4 Å². The third-order valence-electron chi connectivity index (χ3n) is 4.39. The maximum absolute atomic E-state index is 11.3. The summed E-state index contributed by atoms with van der Waals surface area (Å²) in [7, 11) is 0. The zero-order valence-electron chi connectivity index (χ0n) is 11.6. The van der Waals surface area contributed by atoms with Crippen LogP contribution in [0.15, 0.2) is 0 Å². The minimum Gasteiger partial charge on any atom is -0.481 e. The van der Waals surface area contributed by atoms with E-state index in [2.05, 4.69) is 24.1 Å². The summed E-state index contributed by atoms with van der Waals surface area (Å²) >= 11 is 0. The number of carboxylic acid groups (broad SMARTS) is 1. The molecule has 1 saturated heterocycles. The van der Waals surface area contributed by atoms with Gasteiger partial charge >= 0.3 is 5.97 Å². The first-order valence-corrected chi connectivity index (χ1v) is 7.32. The molecule has 0 bridgehead atoms. The molecule has 18 heavy (non-hydrogen) atoms. The SMILES string of the molecule is CCCNC1CC(C(=O)O)CN(C(C)C2CC2)C1. The summed E-state index contributed by atoms with van der Waals surface area (Å²) in [6, 6.07) is 0.902. The molecule has 0 aromatic rings. The molecule has 0 aromatic carbocycles. The lowest BCUT2D eigenvalue weighted by molar-refractivity contribution is -0.144. The molecule has 3 unspecified atom stereocenters. The fraction of sp³-hybridized carbons (Fsp3) is 0.929. The Morgan fingerprint density at radius 2 is 2.17 bits per heavy atom. The Hall–Kier alpha value is -0.610. The van der Waals surface area contributed by atoms with E-state index in [4.69, 9.17) is 0 Å². The number of carbonyl (C=O) groups is 1. The zero-order chi connectivity index (χ0) is 13.1. The highest BCUT2D eigenvalue weighted by atomic mass is 16.4. The van der Waals surface area contributed by atoms with Crippen LogP contribution in [0.25, 0.3) is 0 Å². The molecule has 0 radical (unpaired) electrons. The lowest BCUT2D eigenvalue weighted by atomic mass is 9.92. The summed E-state index contributed by atoms with van der Waals surface area (Å²) in [6.07, 6.45) is 4.53. The zero-order valence-corrected chi connectivity index (χ0v) is 11.6. The summed E-state index contributed by atoms with van der Waals surface area (Å²) in [5.74, 6) is -0.0235. The molecule has 1 aliphatic heterocycles. The predicted octanol–water partition coefficient (Wildman–Crippen LogP) is 1.56. The smallest absolute Gasteiger partial charge is 0.307 e. The van der Waals surface area contributed by atoms with Crippen molar-refractivity contribution in [1.82, 2.24) is 10.2 Å². The molecule has 4 heteroatoms. The molecule has 2 fully saturated rings. The van der Waals surface area contributed by atoms with Gasteiger partial charge in [-0.3, -0.25) is 9.69 Å². The monoisotopic (exact) mass is 254 g/mol. The largest absolute Gasteiger partial charge is 0.481 e. The second kappa shape index (κ2) is 6.02. The molecule has 4 nitrogen and oxygen atoms in total. The molecule has 2 aliphatic rings. The van der Waals surface area contributed by atoms with Crippen molar-refractivity contribution < 1.29 is 9.90 Å². The fourth-order valence-corrected chi connectivity index (χ4v) is 3.02. The predicted molar refractivity (Wildman–Crippen MR) is 71.6 cm³/mol. The van der Waals surface area contributed by atoms with E-state index >= 15 is 0 Å². The van der Waals surface area contributed by atoms with Gasteiger partial charge in [0.05, 0.1) is 5.92 Å². The third kappa shape index (κ3) is 3.45. The molecule has 104 valence electrons. The van der Waals surface area contributed by atoms with Crippen LogP contribution < -0.4 is 5.32 Å². The van der Waals surface area contributed by atoms with Gasteiger partial charge in [-0.15, -0.1) is 0 Å². The van der Waals surface area contributed by atoms with E-state index < -0.39 is 5.97 Å². The lowest BCUT2D eigenvalue weighted by Gasteiger charge is -2.40. The number of piperidine rings is 1. The lowest BCUT2D eigenvalue weighted by Crippen LogP contribution is -2.54. The van der Waals surface area contributed by atoms with Gasteiger partial charge in [-0.05, 0) is 45.1 Å². The third-order valence-corrected chi connectivity index (χ3v) is 4.39. The molecule has 1 heterocycles. The summed E-state index contributed by atoms with van der Waals surface area (Å²) in [6.45, 7) is 7.15. The van der Waals surface area contributed by atoms with Crippen molar-refractivity contribution >= 4 is 5.97 Å². The van der Waals surface area contributed by atoms with Crippen molar-refractivity contribution in [3.8, 4) is 0 Å². The number of hydrogen-bond acceptors (Lipinski definition) is 3. The van der Waals surface area contributed by atoms with Gasteiger partial charge < -0.3 is 10.4 Å². The number of rotatable bonds is 6. The van der Waals surface area contributed by atoms with Crippen LogP contribution in [-0.2, 0) is 4.79 Å². The molecule has 0 aromatic heterocycles. The van der Waals surface area contributed by atoms with E-state index in [1.807, 2.05) is 0 Å². The van der Waals surface area contributed by atoms with Crippen molar-refractivity contribution in [2.45, 2.75) is 51.6 Å². The van der Waals surface area contributed by atoms with E-state index in [1.54, 1.807) is 0 Å². The highest BCUT2D eigenvalue weighted by Gasteiger charge is 2.38. The van der Waals surface area contributed by atoms with Crippen molar-refractivity contribution in [1.29, 1.82) is 0 Å². The van der Waals surface area contributed by atoms with Crippen LogP contribution in [0.2, 0.25) is 0 Å². The molecule has 1 saturated carbocycles. The minimum atomic E-state index is -0.633. The van der Waals surface area contributed by atoms with Gasteiger partial charge in [0.15, 0.2) is 0 Å². The number of nitrogens with one attached hydrogen (secondary N) is 1. The first kappa shape index (κ1) is 13.8. The van der Waals surface area contributed by atoms with E-state index in [0.29, 0.717) is 12.1 Å². The standard InChI is InChI=1S/C14H26N2O2/c1-3-6-15-13-7-12(14(17)18)8-16(9-13)10(2)11-4-5-11/h10-13,15H,3-9H2,1-2H3,(H,17,18). The van der Waals surface area contributed by atoms with Gasteiger partial charge in [-0.25, -0.2) is 0 Å². The number of hydrogen-bond donors (Lipinski definition) is 2.